The van der Waals surface area contributed by atoms with Crippen molar-refractivity contribution in [1.82, 2.24) is 0 Å². The fraction of sp³-hybridized carbons (Fsp3) is 0.600. The highest BCUT2D eigenvalue weighted by molar-refractivity contribution is 7.85. The quantitative estimate of drug-likeness (QED) is 0.903. The summed E-state index contributed by atoms with van der Waals surface area (Å²) in [6.45, 7) is 6.16. The van der Waals surface area contributed by atoms with Crippen LogP contribution >= 0.6 is 0 Å². The van der Waals surface area contributed by atoms with E-state index in [0.29, 0.717) is 13.0 Å². The van der Waals surface area contributed by atoms with Gasteiger partial charge in [-0.15, -0.1) is 0 Å². The summed E-state index contributed by atoms with van der Waals surface area (Å²) >= 11 is 0. The van der Waals surface area contributed by atoms with E-state index >= 15 is 0 Å². The second kappa shape index (κ2) is 6.35. The minimum Gasteiger partial charge on any atom is -0.392 e. The summed E-state index contributed by atoms with van der Waals surface area (Å²) in [6.07, 6.45) is -0.337. The van der Waals surface area contributed by atoms with Crippen molar-refractivity contribution < 1.29 is 18.8 Å². The van der Waals surface area contributed by atoms with Crippen LogP contribution in [-0.2, 0) is 20.3 Å². The van der Waals surface area contributed by atoms with Crippen LogP contribution in [0, 0.1) is 6.92 Å². The monoisotopic (exact) mass is 298 g/mol. The molecule has 0 aromatic heterocycles. The van der Waals surface area contributed by atoms with Crippen LogP contribution in [0.25, 0.3) is 0 Å². The molecule has 0 radical (unpaired) electrons. The Bertz CT molecular complexity index is 469. The summed E-state index contributed by atoms with van der Waals surface area (Å²) < 4.78 is 23.2. The average Bonchev–Trinajstić information content (AvgIpc) is 2.69. The van der Waals surface area contributed by atoms with E-state index in [9.17, 15) is 9.32 Å². The van der Waals surface area contributed by atoms with Gasteiger partial charge in [-0.05, 0) is 32.9 Å². The van der Waals surface area contributed by atoms with E-state index in [-0.39, 0.29) is 11.9 Å². The maximum absolute atomic E-state index is 12.1. The van der Waals surface area contributed by atoms with Crippen molar-refractivity contribution >= 4 is 10.8 Å². The first kappa shape index (κ1) is 15.6. The van der Waals surface area contributed by atoms with E-state index in [0.717, 1.165) is 10.5 Å². The molecule has 0 amide bonds. The molecule has 20 heavy (non-hydrogen) atoms. The molecule has 112 valence electrons. The number of hydrogen-bond donors (Lipinski definition) is 1. The zero-order chi connectivity index (χ0) is 14.8. The van der Waals surface area contributed by atoms with Crippen molar-refractivity contribution in [3.8, 4) is 0 Å². The molecule has 1 saturated heterocycles. The molecule has 0 spiro atoms. The molecule has 1 aliphatic rings. The molecule has 0 aliphatic carbocycles. The lowest BCUT2D eigenvalue weighted by Crippen LogP contribution is -2.27. The van der Waals surface area contributed by atoms with Gasteiger partial charge in [0.05, 0.1) is 35.4 Å². The lowest BCUT2D eigenvalue weighted by atomic mass is 10.2. The molecule has 1 aromatic rings. The van der Waals surface area contributed by atoms with E-state index in [2.05, 4.69) is 0 Å². The van der Waals surface area contributed by atoms with Gasteiger partial charge in [-0.1, -0.05) is 17.7 Å². The predicted molar refractivity (Wildman–Crippen MR) is 78.0 cm³/mol. The highest BCUT2D eigenvalue weighted by Crippen LogP contribution is 2.25. The Hall–Kier alpha value is -0.750. The topological polar surface area (TPSA) is 55.8 Å². The first-order valence-corrected chi connectivity index (χ1v) is 8.12. The Labute approximate surface area is 122 Å². The third kappa shape index (κ3) is 4.38. The molecule has 4 nitrogen and oxygen atoms in total. The molecule has 1 heterocycles. The molecule has 0 bridgehead atoms. The van der Waals surface area contributed by atoms with E-state index in [4.69, 9.17) is 9.47 Å². The van der Waals surface area contributed by atoms with Crippen molar-refractivity contribution in [1.29, 1.82) is 0 Å². The molecule has 5 heteroatoms. The van der Waals surface area contributed by atoms with Crippen LogP contribution in [0.1, 0.15) is 25.8 Å². The number of aryl methyl sites for hydroxylation is 1. The highest BCUT2D eigenvalue weighted by Gasteiger charge is 2.33. The SMILES string of the molecule is Cc1ccc([S@](=O)C[C@H](O)C[C@H]2COC(C)(C)O2)cc1. The van der Waals surface area contributed by atoms with Gasteiger partial charge in [0.1, 0.15) is 0 Å². The van der Waals surface area contributed by atoms with Gasteiger partial charge in [-0.2, -0.15) is 0 Å². The third-order valence-electron chi connectivity index (χ3n) is 3.23. The fourth-order valence-electron chi connectivity index (χ4n) is 2.21. The van der Waals surface area contributed by atoms with Gasteiger partial charge in [-0.25, -0.2) is 0 Å². The first-order chi connectivity index (χ1) is 9.35. The fourth-order valence-corrected chi connectivity index (χ4v) is 3.33. The van der Waals surface area contributed by atoms with Crippen molar-refractivity contribution in [2.24, 2.45) is 0 Å². The number of rotatable bonds is 5. The van der Waals surface area contributed by atoms with Crippen LogP contribution in [0.5, 0.6) is 0 Å². The van der Waals surface area contributed by atoms with Crippen LogP contribution in [-0.4, -0.2) is 39.7 Å². The lowest BCUT2D eigenvalue weighted by Gasteiger charge is -2.18. The van der Waals surface area contributed by atoms with Crippen molar-refractivity contribution in [3.05, 3.63) is 29.8 Å². The molecule has 0 unspecified atom stereocenters. The Morgan fingerprint density at radius 2 is 2.05 bits per heavy atom. The minimum atomic E-state index is -1.19. The molecular weight excluding hydrogens is 276 g/mol. The summed E-state index contributed by atoms with van der Waals surface area (Å²) in [7, 11) is -1.19. The summed E-state index contributed by atoms with van der Waals surface area (Å²) in [6, 6.07) is 7.54. The largest absolute Gasteiger partial charge is 0.392 e. The first-order valence-electron chi connectivity index (χ1n) is 6.80. The molecule has 3 atom stereocenters. The summed E-state index contributed by atoms with van der Waals surface area (Å²) in [5.74, 6) is -0.357. The van der Waals surface area contributed by atoms with Gasteiger partial charge < -0.3 is 14.6 Å². The number of hydrogen-bond acceptors (Lipinski definition) is 4. The molecule has 1 aliphatic heterocycles. The van der Waals surface area contributed by atoms with Gasteiger partial charge in [-0.3, -0.25) is 4.21 Å². The van der Waals surface area contributed by atoms with Crippen LogP contribution < -0.4 is 0 Å². The molecule has 2 rings (SSSR count). The zero-order valence-corrected chi connectivity index (χ0v) is 13.0. The highest BCUT2D eigenvalue weighted by atomic mass is 32.2. The number of ether oxygens (including phenoxy) is 2. The zero-order valence-electron chi connectivity index (χ0n) is 12.2. The second-order valence-electron chi connectivity index (χ2n) is 5.67. The number of aliphatic hydroxyl groups is 1. The number of aliphatic hydroxyl groups excluding tert-OH is 1. The Morgan fingerprint density at radius 3 is 2.60 bits per heavy atom. The molecular formula is C15H22O4S. The van der Waals surface area contributed by atoms with Crippen molar-refractivity contribution in [2.75, 3.05) is 12.4 Å². The van der Waals surface area contributed by atoms with Gasteiger partial charge >= 0.3 is 0 Å². The molecule has 1 N–H and O–H groups in total. The predicted octanol–water partition coefficient (Wildman–Crippen LogP) is 2.01. The molecule has 1 aromatic carbocycles. The van der Waals surface area contributed by atoms with Crippen molar-refractivity contribution in [3.63, 3.8) is 0 Å². The van der Waals surface area contributed by atoms with Crippen molar-refractivity contribution in [2.45, 2.75) is 50.1 Å². The minimum absolute atomic E-state index is 0.130. The third-order valence-corrected chi connectivity index (χ3v) is 4.72. The van der Waals surface area contributed by atoms with E-state index in [1.807, 2.05) is 45.0 Å². The lowest BCUT2D eigenvalue weighted by molar-refractivity contribution is -0.141. The summed E-state index contributed by atoms with van der Waals surface area (Å²) in [5.41, 5.74) is 1.13. The van der Waals surface area contributed by atoms with Crippen LogP contribution in [0.4, 0.5) is 0 Å². The van der Waals surface area contributed by atoms with Gasteiger partial charge in [0.25, 0.3) is 0 Å². The molecule has 0 saturated carbocycles. The summed E-state index contributed by atoms with van der Waals surface area (Å²) in [5, 5.41) is 10.0. The summed E-state index contributed by atoms with van der Waals surface area (Å²) in [4.78, 5) is 0.749. The average molecular weight is 298 g/mol. The van der Waals surface area contributed by atoms with E-state index < -0.39 is 22.7 Å². The smallest absolute Gasteiger partial charge is 0.163 e. The van der Waals surface area contributed by atoms with Crippen LogP contribution in [0.2, 0.25) is 0 Å². The van der Waals surface area contributed by atoms with Gasteiger partial charge in [0, 0.05) is 11.3 Å². The standard InChI is InChI=1S/C15H22O4S/c1-11-4-6-14(7-5-11)20(17)10-12(16)8-13-9-18-15(2,3)19-13/h4-7,12-13,16H,8-10H2,1-3H3/t12-,13+,20-/m1/s1. The Balaban J connectivity index is 1.84. The van der Waals surface area contributed by atoms with Crippen LogP contribution in [0.15, 0.2) is 29.2 Å². The van der Waals surface area contributed by atoms with Gasteiger partial charge in [0.2, 0.25) is 0 Å². The second-order valence-corrected chi connectivity index (χ2v) is 7.16. The Kier molecular flexibility index (Phi) is 4.96. The Morgan fingerprint density at radius 1 is 1.40 bits per heavy atom. The van der Waals surface area contributed by atoms with Gasteiger partial charge in [0.15, 0.2) is 5.79 Å². The molecule has 1 fully saturated rings. The maximum atomic E-state index is 12.1. The number of benzene rings is 1. The van der Waals surface area contributed by atoms with E-state index in [1.165, 1.54) is 0 Å². The van der Waals surface area contributed by atoms with Crippen LogP contribution in [0.3, 0.4) is 0 Å². The normalized spacial score (nSPS) is 24.5. The van der Waals surface area contributed by atoms with E-state index in [1.54, 1.807) is 0 Å². The maximum Gasteiger partial charge on any atom is 0.163 e.